The molecule has 0 aliphatic carbocycles. The van der Waals surface area contributed by atoms with Gasteiger partial charge in [0.05, 0.1) is 25.3 Å². The van der Waals surface area contributed by atoms with Crippen LogP contribution in [0.2, 0.25) is 0 Å². The Bertz CT molecular complexity index is 1020. The SMILES string of the molecule is O=C(CNC(=O)c1ccccc1N1CCOCC1)Nc1cccc2ccccc12. The molecule has 29 heavy (non-hydrogen) atoms. The van der Waals surface area contributed by atoms with E-state index < -0.39 is 0 Å². The first-order valence-electron chi connectivity index (χ1n) is 9.70. The Morgan fingerprint density at radius 2 is 1.62 bits per heavy atom. The number of hydrogen-bond acceptors (Lipinski definition) is 4. The number of anilines is 2. The summed E-state index contributed by atoms with van der Waals surface area (Å²) < 4.78 is 5.39. The zero-order valence-corrected chi connectivity index (χ0v) is 16.1. The molecule has 1 aliphatic rings. The van der Waals surface area contributed by atoms with Crippen molar-refractivity contribution in [1.29, 1.82) is 0 Å². The molecule has 148 valence electrons. The van der Waals surface area contributed by atoms with E-state index in [9.17, 15) is 9.59 Å². The quantitative estimate of drug-likeness (QED) is 0.704. The van der Waals surface area contributed by atoms with Gasteiger partial charge in [0.2, 0.25) is 5.91 Å². The summed E-state index contributed by atoms with van der Waals surface area (Å²) in [4.78, 5) is 27.3. The predicted octanol–water partition coefficient (Wildman–Crippen LogP) is 3.04. The van der Waals surface area contributed by atoms with Crippen LogP contribution in [0.3, 0.4) is 0 Å². The minimum Gasteiger partial charge on any atom is -0.378 e. The van der Waals surface area contributed by atoms with Crippen molar-refractivity contribution in [3.63, 3.8) is 0 Å². The van der Waals surface area contributed by atoms with Crippen LogP contribution in [0, 0.1) is 0 Å². The highest BCUT2D eigenvalue weighted by Crippen LogP contribution is 2.23. The van der Waals surface area contributed by atoms with Crippen LogP contribution >= 0.6 is 0 Å². The van der Waals surface area contributed by atoms with Gasteiger partial charge >= 0.3 is 0 Å². The summed E-state index contributed by atoms with van der Waals surface area (Å²) >= 11 is 0. The Labute approximate surface area is 169 Å². The molecule has 6 heteroatoms. The minimum atomic E-state index is -0.265. The monoisotopic (exact) mass is 389 g/mol. The molecule has 3 aromatic carbocycles. The number of carbonyl (C=O) groups excluding carboxylic acids is 2. The number of rotatable bonds is 5. The third kappa shape index (κ3) is 4.38. The van der Waals surface area contributed by atoms with Crippen LogP contribution in [-0.2, 0) is 9.53 Å². The summed E-state index contributed by atoms with van der Waals surface area (Å²) in [7, 11) is 0. The lowest BCUT2D eigenvalue weighted by molar-refractivity contribution is -0.115. The summed E-state index contributed by atoms with van der Waals surface area (Å²) in [6.07, 6.45) is 0. The molecular weight excluding hydrogens is 366 g/mol. The van der Waals surface area contributed by atoms with Crippen molar-refractivity contribution in [2.24, 2.45) is 0 Å². The van der Waals surface area contributed by atoms with Gasteiger partial charge in [0.15, 0.2) is 0 Å². The van der Waals surface area contributed by atoms with Crippen molar-refractivity contribution in [2.75, 3.05) is 43.1 Å². The van der Waals surface area contributed by atoms with E-state index >= 15 is 0 Å². The molecule has 4 rings (SSSR count). The molecule has 0 unspecified atom stereocenters. The normalized spacial score (nSPS) is 13.9. The standard InChI is InChI=1S/C23H23N3O3/c27-22(25-20-10-5-7-17-6-1-2-8-18(17)20)16-24-23(28)19-9-3-4-11-21(19)26-12-14-29-15-13-26/h1-11H,12-16H2,(H,24,28)(H,25,27). The number of fused-ring (bicyclic) bond motifs is 1. The van der Waals surface area contributed by atoms with E-state index in [4.69, 9.17) is 4.74 Å². The maximum Gasteiger partial charge on any atom is 0.253 e. The molecule has 0 bridgehead atoms. The maximum atomic E-state index is 12.7. The van der Waals surface area contributed by atoms with Crippen LogP contribution in [0.5, 0.6) is 0 Å². The van der Waals surface area contributed by atoms with E-state index in [0.29, 0.717) is 18.8 Å². The maximum absolute atomic E-state index is 12.7. The smallest absolute Gasteiger partial charge is 0.253 e. The Morgan fingerprint density at radius 3 is 2.48 bits per heavy atom. The van der Waals surface area contributed by atoms with Gasteiger partial charge in [-0.3, -0.25) is 9.59 Å². The van der Waals surface area contributed by atoms with Gasteiger partial charge in [0, 0.05) is 29.9 Å². The first-order chi connectivity index (χ1) is 14.2. The number of para-hydroxylation sites is 1. The number of benzene rings is 3. The molecule has 0 spiro atoms. The molecule has 2 N–H and O–H groups in total. The third-order valence-electron chi connectivity index (χ3n) is 4.97. The summed E-state index contributed by atoms with van der Waals surface area (Å²) in [5.41, 5.74) is 2.16. The number of hydrogen-bond donors (Lipinski definition) is 2. The molecule has 2 amide bonds. The van der Waals surface area contributed by atoms with E-state index in [0.717, 1.165) is 35.2 Å². The Kier molecular flexibility index (Phi) is 5.72. The fraction of sp³-hybridized carbons (Fsp3) is 0.217. The number of ether oxygens (including phenoxy) is 1. The lowest BCUT2D eigenvalue weighted by Crippen LogP contribution is -2.38. The Morgan fingerprint density at radius 1 is 0.897 bits per heavy atom. The largest absolute Gasteiger partial charge is 0.378 e. The van der Waals surface area contributed by atoms with Gasteiger partial charge in [0.1, 0.15) is 0 Å². The van der Waals surface area contributed by atoms with Crippen molar-refractivity contribution in [3.8, 4) is 0 Å². The Balaban J connectivity index is 1.41. The van der Waals surface area contributed by atoms with Crippen molar-refractivity contribution in [3.05, 3.63) is 72.3 Å². The van der Waals surface area contributed by atoms with Gasteiger partial charge in [0.25, 0.3) is 5.91 Å². The molecule has 3 aromatic rings. The van der Waals surface area contributed by atoms with Gasteiger partial charge in [-0.05, 0) is 23.6 Å². The second-order valence-corrected chi connectivity index (χ2v) is 6.87. The predicted molar refractivity (Wildman–Crippen MR) is 114 cm³/mol. The molecule has 1 fully saturated rings. The summed E-state index contributed by atoms with van der Waals surface area (Å²) in [5, 5.41) is 7.64. The van der Waals surface area contributed by atoms with E-state index in [1.807, 2.05) is 60.7 Å². The topological polar surface area (TPSA) is 70.7 Å². The van der Waals surface area contributed by atoms with Gasteiger partial charge < -0.3 is 20.3 Å². The van der Waals surface area contributed by atoms with Crippen LogP contribution in [0.1, 0.15) is 10.4 Å². The van der Waals surface area contributed by atoms with Crippen LogP contribution in [0.4, 0.5) is 11.4 Å². The lowest BCUT2D eigenvalue weighted by atomic mass is 10.1. The summed E-state index contributed by atoms with van der Waals surface area (Å²) in [6, 6.07) is 21.0. The van der Waals surface area contributed by atoms with Gasteiger partial charge in [-0.1, -0.05) is 48.5 Å². The van der Waals surface area contributed by atoms with E-state index in [2.05, 4.69) is 15.5 Å². The zero-order chi connectivity index (χ0) is 20.1. The zero-order valence-electron chi connectivity index (χ0n) is 16.1. The van der Waals surface area contributed by atoms with Gasteiger partial charge in [-0.15, -0.1) is 0 Å². The first kappa shape index (κ1) is 19.0. The fourth-order valence-electron chi connectivity index (χ4n) is 3.53. The lowest BCUT2D eigenvalue weighted by Gasteiger charge is -2.30. The molecular formula is C23H23N3O3. The van der Waals surface area contributed by atoms with Gasteiger partial charge in [-0.2, -0.15) is 0 Å². The molecule has 1 heterocycles. The number of nitrogens with zero attached hydrogens (tertiary/aromatic N) is 1. The van der Waals surface area contributed by atoms with Crippen molar-refractivity contribution >= 4 is 34.0 Å². The first-order valence-corrected chi connectivity index (χ1v) is 9.70. The number of amides is 2. The summed E-state index contributed by atoms with van der Waals surface area (Å²) in [5.74, 6) is -0.529. The van der Waals surface area contributed by atoms with E-state index in [-0.39, 0.29) is 18.4 Å². The molecule has 6 nitrogen and oxygen atoms in total. The third-order valence-corrected chi connectivity index (χ3v) is 4.97. The van der Waals surface area contributed by atoms with Crippen LogP contribution in [0.25, 0.3) is 10.8 Å². The van der Waals surface area contributed by atoms with Crippen molar-refractivity contribution in [2.45, 2.75) is 0 Å². The van der Waals surface area contributed by atoms with E-state index in [1.165, 1.54) is 0 Å². The number of carbonyl (C=O) groups is 2. The molecule has 0 radical (unpaired) electrons. The summed E-state index contributed by atoms with van der Waals surface area (Å²) in [6.45, 7) is 2.67. The second-order valence-electron chi connectivity index (χ2n) is 6.87. The molecule has 0 saturated carbocycles. The highest BCUT2D eigenvalue weighted by molar-refractivity contribution is 6.05. The molecule has 0 atom stereocenters. The fourth-order valence-corrected chi connectivity index (χ4v) is 3.53. The average molecular weight is 389 g/mol. The number of nitrogens with one attached hydrogen (secondary N) is 2. The van der Waals surface area contributed by atoms with E-state index in [1.54, 1.807) is 6.07 Å². The van der Waals surface area contributed by atoms with Crippen LogP contribution in [0.15, 0.2) is 66.7 Å². The Hall–Kier alpha value is -3.38. The molecule has 1 aliphatic heterocycles. The van der Waals surface area contributed by atoms with Gasteiger partial charge in [-0.25, -0.2) is 0 Å². The molecule has 1 saturated heterocycles. The van der Waals surface area contributed by atoms with Crippen molar-refractivity contribution in [1.82, 2.24) is 5.32 Å². The van der Waals surface area contributed by atoms with Crippen molar-refractivity contribution < 1.29 is 14.3 Å². The molecule has 0 aromatic heterocycles. The number of morpholine rings is 1. The second kappa shape index (κ2) is 8.75. The highest BCUT2D eigenvalue weighted by atomic mass is 16.5. The van der Waals surface area contributed by atoms with Crippen LogP contribution in [-0.4, -0.2) is 44.7 Å². The van der Waals surface area contributed by atoms with Crippen LogP contribution < -0.4 is 15.5 Å². The highest BCUT2D eigenvalue weighted by Gasteiger charge is 2.18. The minimum absolute atomic E-state index is 0.0977. The average Bonchev–Trinajstić information content (AvgIpc) is 2.78.